The van der Waals surface area contributed by atoms with Crippen LogP contribution in [0.15, 0.2) is 30.3 Å². The molecule has 0 aliphatic carbocycles. The molecule has 0 amide bonds. The van der Waals surface area contributed by atoms with E-state index in [1.54, 1.807) is 0 Å². The first-order valence-electron chi connectivity index (χ1n) is 6.22. The zero-order valence-corrected chi connectivity index (χ0v) is 10.4. The van der Waals surface area contributed by atoms with E-state index < -0.39 is 0 Å². The number of hydrogen-bond donors (Lipinski definition) is 2. The van der Waals surface area contributed by atoms with Crippen LogP contribution in [0.1, 0.15) is 38.3 Å². The summed E-state index contributed by atoms with van der Waals surface area (Å²) in [5, 5.41) is 3.52. The monoisotopic (exact) mass is 220 g/mol. The van der Waals surface area contributed by atoms with Gasteiger partial charge in [0.05, 0.1) is 0 Å². The van der Waals surface area contributed by atoms with Gasteiger partial charge in [0.1, 0.15) is 0 Å². The minimum Gasteiger partial charge on any atom is -0.329 e. The van der Waals surface area contributed by atoms with Crippen LogP contribution in [0.25, 0.3) is 0 Å². The molecule has 3 N–H and O–H groups in total. The van der Waals surface area contributed by atoms with Crippen LogP contribution < -0.4 is 11.1 Å². The maximum atomic E-state index is 5.78. The topological polar surface area (TPSA) is 38.0 Å². The van der Waals surface area contributed by atoms with E-state index in [-0.39, 0.29) is 0 Å². The number of nitrogens with two attached hydrogens (primary N) is 1. The summed E-state index contributed by atoms with van der Waals surface area (Å²) < 4.78 is 0. The van der Waals surface area contributed by atoms with Gasteiger partial charge in [0.25, 0.3) is 0 Å². The summed E-state index contributed by atoms with van der Waals surface area (Å²) in [6, 6.07) is 10.7. The van der Waals surface area contributed by atoms with E-state index in [1.165, 1.54) is 18.4 Å². The summed E-state index contributed by atoms with van der Waals surface area (Å²) in [4.78, 5) is 0. The third-order valence-corrected chi connectivity index (χ3v) is 2.79. The summed E-state index contributed by atoms with van der Waals surface area (Å²) in [7, 11) is 0. The lowest BCUT2D eigenvalue weighted by Gasteiger charge is -2.17. The lowest BCUT2D eigenvalue weighted by molar-refractivity contribution is 0.485. The van der Waals surface area contributed by atoms with E-state index in [4.69, 9.17) is 5.73 Å². The van der Waals surface area contributed by atoms with E-state index in [2.05, 4.69) is 43.4 Å². The predicted molar refractivity (Wildman–Crippen MR) is 70.3 cm³/mol. The van der Waals surface area contributed by atoms with Crippen LogP contribution in [0, 0.1) is 5.92 Å². The van der Waals surface area contributed by atoms with Crippen LogP contribution in [0.4, 0.5) is 0 Å². The molecule has 0 bridgehead atoms. The van der Waals surface area contributed by atoms with Crippen LogP contribution in [0.5, 0.6) is 0 Å². The molecule has 0 aromatic heterocycles. The fourth-order valence-corrected chi connectivity index (χ4v) is 1.81. The second kappa shape index (κ2) is 7.42. The van der Waals surface area contributed by atoms with Gasteiger partial charge in [0.2, 0.25) is 0 Å². The van der Waals surface area contributed by atoms with Crippen molar-refractivity contribution >= 4 is 0 Å². The lowest BCUT2D eigenvalue weighted by Crippen LogP contribution is -2.29. The average Bonchev–Trinajstić information content (AvgIpc) is 2.30. The van der Waals surface area contributed by atoms with Crippen LogP contribution in [0.3, 0.4) is 0 Å². The van der Waals surface area contributed by atoms with E-state index in [0.717, 1.165) is 12.5 Å². The molecule has 1 aromatic rings. The van der Waals surface area contributed by atoms with Crippen molar-refractivity contribution in [2.75, 3.05) is 13.1 Å². The summed E-state index contributed by atoms with van der Waals surface area (Å²) in [6.07, 6.45) is 2.50. The third-order valence-electron chi connectivity index (χ3n) is 2.79. The summed E-state index contributed by atoms with van der Waals surface area (Å²) in [5.41, 5.74) is 7.07. The second-order valence-electron chi connectivity index (χ2n) is 4.69. The first-order valence-corrected chi connectivity index (χ1v) is 6.22. The molecule has 2 nitrogen and oxygen atoms in total. The molecule has 2 heteroatoms. The van der Waals surface area contributed by atoms with Gasteiger partial charge >= 0.3 is 0 Å². The Bertz CT molecular complexity index is 269. The van der Waals surface area contributed by atoms with Crippen molar-refractivity contribution in [2.45, 2.75) is 32.7 Å². The zero-order valence-electron chi connectivity index (χ0n) is 10.4. The van der Waals surface area contributed by atoms with Gasteiger partial charge in [-0.25, -0.2) is 0 Å². The third kappa shape index (κ3) is 4.77. The molecule has 0 heterocycles. The highest BCUT2D eigenvalue weighted by Gasteiger charge is 2.07. The Balaban J connectivity index is 2.33. The van der Waals surface area contributed by atoms with Crippen LogP contribution >= 0.6 is 0 Å². The minimum atomic E-state index is 0.299. The van der Waals surface area contributed by atoms with Crippen molar-refractivity contribution in [3.8, 4) is 0 Å². The molecule has 1 atom stereocenters. The second-order valence-corrected chi connectivity index (χ2v) is 4.69. The van der Waals surface area contributed by atoms with E-state index in [1.807, 2.05) is 6.07 Å². The molecule has 16 heavy (non-hydrogen) atoms. The molecule has 1 unspecified atom stereocenters. The van der Waals surface area contributed by atoms with Crippen LogP contribution in [-0.2, 0) is 0 Å². The Hall–Kier alpha value is -0.860. The molecule has 1 rings (SSSR count). The average molecular weight is 220 g/mol. The van der Waals surface area contributed by atoms with Gasteiger partial charge < -0.3 is 11.1 Å². The van der Waals surface area contributed by atoms with Gasteiger partial charge in [-0.2, -0.15) is 0 Å². The van der Waals surface area contributed by atoms with Gasteiger partial charge in [-0.1, -0.05) is 44.2 Å². The number of rotatable bonds is 7. The van der Waals surface area contributed by atoms with Crippen molar-refractivity contribution in [3.05, 3.63) is 35.9 Å². The van der Waals surface area contributed by atoms with Crippen molar-refractivity contribution in [2.24, 2.45) is 11.7 Å². The maximum absolute atomic E-state index is 5.78. The summed E-state index contributed by atoms with van der Waals surface area (Å²) >= 11 is 0. The molecule has 1 aromatic carbocycles. The van der Waals surface area contributed by atoms with E-state index >= 15 is 0 Å². The molecule has 0 spiro atoms. The Morgan fingerprint density at radius 1 is 1.19 bits per heavy atom. The fourth-order valence-electron chi connectivity index (χ4n) is 1.81. The van der Waals surface area contributed by atoms with Gasteiger partial charge in [0, 0.05) is 12.6 Å². The number of nitrogens with one attached hydrogen (secondary N) is 1. The van der Waals surface area contributed by atoms with Gasteiger partial charge in [0.15, 0.2) is 0 Å². The Morgan fingerprint density at radius 3 is 2.44 bits per heavy atom. The standard InChI is InChI=1S/C14H24N2/c1-12(2)7-6-10-16-14(11-15)13-8-4-3-5-9-13/h3-5,8-9,12,14,16H,6-7,10-11,15H2,1-2H3. The highest BCUT2D eigenvalue weighted by Crippen LogP contribution is 2.11. The molecular weight excluding hydrogens is 196 g/mol. The molecule has 90 valence electrons. The van der Waals surface area contributed by atoms with Crippen LogP contribution in [-0.4, -0.2) is 13.1 Å². The molecule has 0 aliphatic heterocycles. The van der Waals surface area contributed by atoms with Gasteiger partial charge in [-0.15, -0.1) is 0 Å². The maximum Gasteiger partial charge on any atom is 0.0444 e. The number of hydrogen-bond acceptors (Lipinski definition) is 2. The molecule has 0 fully saturated rings. The van der Waals surface area contributed by atoms with Gasteiger partial charge in [-0.3, -0.25) is 0 Å². The first kappa shape index (κ1) is 13.2. The van der Waals surface area contributed by atoms with E-state index in [0.29, 0.717) is 12.6 Å². The predicted octanol–water partition coefficient (Wildman–Crippen LogP) is 2.71. The quantitative estimate of drug-likeness (QED) is 0.693. The van der Waals surface area contributed by atoms with Gasteiger partial charge in [-0.05, 0) is 30.9 Å². The highest BCUT2D eigenvalue weighted by molar-refractivity contribution is 5.19. The Kier molecular flexibility index (Phi) is 6.12. The van der Waals surface area contributed by atoms with Crippen molar-refractivity contribution in [1.82, 2.24) is 5.32 Å². The summed E-state index contributed by atoms with van der Waals surface area (Å²) in [6.45, 7) is 6.23. The SMILES string of the molecule is CC(C)CCCNC(CN)c1ccccc1. The molecule has 0 saturated heterocycles. The lowest BCUT2D eigenvalue weighted by atomic mass is 10.1. The van der Waals surface area contributed by atoms with Crippen molar-refractivity contribution in [1.29, 1.82) is 0 Å². The zero-order chi connectivity index (χ0) is 11.8. The highest BCUT2D eigenvalue weighted by atomic mass is 14.9. The summed E-state index contributed by atoms with van der Waals surface area (Å²) in [5.74, 6) is 0.787. The van der Waals surface area contributed by atoms with Crippen molar-refractivity contribution < 1.29 is 0 Å². The fraction of sp³-hybridized carbons (Fsp3) is 0.571. The van der Waals surface area contributed by atoms with Crippen LogP contribution in [0.2, 0.25) is 0 Å². The molecular formula is C14H24N2. The molecule has 0 saturated carbocycles. The molecule has 0 aliphatic rings. The number of benzene rings is 1. The molecule has 0 radical (unpaired) electrons. The normalized spacial score (nSPS) is 13.0. The Labute approximate surface area is 99.2 Å². The first-order chi connectivity index (χ1) is 7.74. The minimum absolute atomic E-state index is 0.299. The van der Waals surface area contributed by atoms with E-state index in [9.17, 15) is 0 Å². The largest absolute Gasteiger partial charge is 0.329 e. The van der Waals surface area contributed by atoms with Crippen molar-refractivity contribution in [3.63, 3.8) is 0 Å². The smallest absolute Gasteiger partial charge is 0.0444 e. The Morgan fingerprint density at radius 2 is 1.88 bits per heavy atom.